The number of carbonyl (C=O) groups excluding carboxylic acids is 1. The van der Waals surface area contributed by atoms with Gasteiger partial charge in [-0.1, -0.05) is 23.2 Å². The first-order chi connectivity index (χ1) is 11.1. The van der Waals surface area contributed by atoms with Gasteiger partial charge in [0, 0.05) is 23.8 Å². The molecule has 0 aliphatic rings. The quantitative estimate of drug-likeness (QED) is 0.470. The SMILES string of the molecule is O=C(CCCOc1ccc(Cl)cc1Cl)N/N=C/c1ccncc1. The van der Waals surface area contributed by atoms with E-state index in [1.165, 1.54) is 0 Å². The monoisotopic (exact) mass is 351 g/mol. The van der Waals surface area contributed by atoms with Crippen molar-refractivity contribution >= 4 is 35.3 Å². The minimum atomic E-state index is -0.180. The van der Waals surface area contributed by atoms with Crippen molar-refractivity contribution in [3.8, 4) is 5.75 Å². The highest BCUT2D eigenvalue weighted by atomic mass is 35.5. The van der Waals surface area contributed by atoms with Crippen LogP contribution in [0.4, 0.5) is 0 Å². The van der Waals surface area contributed by atoms with Gasteiger partial charge in [-0.2, -0.15) is 5.10 Å². The summed E-state index contributed by atoms with van der Waals surface area (Å²) in [7, 11) is 0. The molecule has 1 N–H and O–H groups in total. The summed E-state index contributed by atoms with van der Waals surface area (Å²) in [5.74, 6) is 0.369. The third-order valence-corrected chi connectivity index (χ3v) is 3.34. The zero-order chi connectivity index (χ0) is 16.5. The van der Waals surface area contributed by atoms with Gasteiger partial charge in [0.2, 0.25) is 5.91 Å². The van der Waals surface area contributed by atoms with Crippen LogP contribution in [0.15, 0.2) is 47.8 Å². The molecule has 1 heterocycles. The summed E-state index contributed by atoms with van der Waals surface area (Å²) in [6.07, 6.45) is 5.73. The summed E-state index contributed by atoms with van der Waals surface area (Å²) in [5, 5.41) is 4.87. The van der Waals surface area contributed by atoms with E-state index in [2.05, 4.69) is 15.5 Å². The summed E-state index contributed by atoms with van der Waals surface area (Å²) in [5.41, 5.74) is 3.32. The lowest BCUT2D eigenvalue weighted by molar-refractivity contribution is -0.121. The molecule has 0 fully saturated rings. The number of carbonyl (C=O) groups is 1. The number of hydrogen-bond donors (Lipinski definition) is 1. The van der Waals surface area contributed by atoms with Crippen molar-refractivity contribution in [3.63, 3.8) is 0 Å². The number of pyridine rings is 1. The van der Waals surface area contributed by atoms with Crippen LogP contribution in [-0.2, 0) is 4.79 Å². The summed E-state index contributed by atoms with van der Waals surface area (Å²) >= 11 is 11.8. The number of nitrogens with zero attached hydrogens (tertiary/aromatic N) is 2. The van der Waals surface area contributed by atoms with Gasteiger partial charge in [0.05, 0.1) is 17.8 Å². The van der Waals surface area contributed by atoms with Crippen molar-refractivity contribution in [2.45, 2.75) is 12.8 Å². The van der Waals surface area contributed by atoms with Crippen LogP contribution in [0.25, 0.3) is 0 Å². The van der Waals surface area contributed by atoms with Gasteiger partial charge < -0.3 is 4.74 Å². The Morgan fingerprint density at radius 1 is 1.26 bits per heavy atom. The van der Waals surface area contributed by atoms with E-state index in [1.54, 1.807) is 48.9 Å². The van der Waals surface area contributed by atoms with E-state index < -0.39 is 0 Å². The van der Waals surface area contributed by atoms with Gasteiger partial charge in [0.15, 0.2) is 0 Å². The van der Waals surface area contributed by atoms with Crippen molar-refractivity contribution < 1.29 is 9.53 Å². The van der Waals surface area contributed by atoms with Gasteiger partial charge >= 0.3 is 0 Å². The molecule has 1 aromatic carbocycles. The Morgan fingerprint density at radius 2 is 2.04 bits per heavy atom. The highest BCUT2D eigenvalue weighted by Gasteiger charge is 2.04. The number of hydrogen-bond acceptors (Lipinski definition) is 4. The average molecular weight is 352 g/mol. The molecule has 0 spiro atoms. The average Bonchev–Trinajstić information content (AvgIpc) is 2.54. The third-order valence-electron chi connectivity index (χ3n) is 2.81. The Hall–Kier alpha value is -2.11. The molecule has 0 radical (unpaired) electrons. The van der Waals surface area contributed by atoms with Crippen molar-refractivity contribution in [3.05, 3.63) is 58.3 Å². The van der Waals surface area contributed by atoms with Crippen molar-refractivity contribution in [1.82, 2.24) is 10.4 Å². The first-order valence-corrected chi connectivity index (χ1v) is 7.70. The molecule has 1 aromatic heterocycles. The molecule has 5 nitrogen and oxygen atoms in total. The molecule has 2 aromatic rings. The lowest BCUT2D eigenvalue weighted by atomic mass is 10.3. The van der Waals surface area contributed by atoms with Gasteiger partial charge in [-0.15, -0.1) is 0 Å². The largest absolute Gasteiger partial charge is 0.492 e. The Kier molecular flexibility index (Phi) is 6.84. The van der Waals surface area contributed by atoms with Gasteiger partial charge in [-0.05, 0) is 42.3 Å². The van der Waals surface area contributed by atoms with E-state index in [-0.39, 0.29) is 5.91 Å². The lowest BCUT2D eigenvalue weighted by Crippen LogP contribution is -2.18. The standard InChI is InChI=1S/C16H15Cl2N3O2/c17-13-3-4-15(14(18)10-13)23-9-1-2-16(22)21-20-11-12-5-7-19-8-6-12/h3-8,10-11H,1-2,9H2,(H,21,22)/b20-11+. The van der Waals surface area contributed by atoms with Gasteiger partial charge in [0.1, 0.15) is 5.75 Å². The molecule has 0 saturated heterocycles. The molecule has 0 aliphatic carbocycles. The zero-order valence-corrected chi connectivity index (χ0v) is 13.7. The topological polar surface area (TPSA) is 63.6 Å². The lowest BCUT2D eigenvalue weighted by Gasteiger charge is -2.07. The van der Waals surface area contributed by atoms with Crippen LogP contribution in [0, 0.1) is 0 Å². The zero-order valence-electron chi connectivity index (χ0n) is 12.2. The molecule has 0 saturated carbocycles. The number of benzene rings is 1. The van der Waals surface area contributed by atoms with Crippen LogP contribution >= 0.6 is 23.2 Å². The smallest absolute Gasteiger partial charge is 0.240 e. The van der Waals surface area contributed by atoms with Crippen molar-refractivity contribution in [2.75, 3.05) is 6.61 Å². The molecule has 0 atom stereocenters. The van der Waals surface area contributed by atoms with Crippen LogP contribution < -0.4 is 10.2 Å². The number of aromatic nitrogens is 1. The summed E-state index contributed by atoms with van der Waals surface area (Å²) in [6.45, 7) is 0.378. The highest BCUT2D eigenvalue weighted by Crippen LogP contribution is 2.27. The van der Waals surface area contributed by atoms with Crippen LogP contribution in [0.3, 0.4) is 0 Å². The fraction of sp³-hybridized carbons (Fsp3) is 0.188. The number of ether oxygens (including phenoxy) is 1. The minimum absolute atomic E-state index is 0.180. The maximum atomic E-state index is 11.6. The van der Waals surface area contributed by atoms with Crippen LogP contribution in [0.5, 0.6) is 5.75 Å². The van der Waals surface area contributed by atoms with Crippen LogP contribution in [0.1, 0.15) is 18.4 Å². The summed E-state index contributed by atoms with van der Waals surface area (Å²) < 4.78 is 5.50. The number of rotatable bonds is 7. The van der Waals surface area contributed by atoms with Crippen molar-refractivity contribution in [1.29, 1.82) is 0 Å². The molecule has 1 amide bonds. The molecule has 120 valence electrons. The fourth-order valence-corrected chi connectivity index (χ4v) is 2.15. The first kappa shape index (κ1) is 17.2. The highest BCUT2D eigenvalue weighted by molar-refractivity contribution is 6.35. The Morgan fingerprint density at radius 3 is 2.78 bits per heavy atom. The summed E-state index contributed by atoms with van der Waals surface area (Å²) in [6, 6.07) is 8.59. The summed E-state index contributed by atoms with van der Waals surface area (Å²) in [4.78, 5) is 15.5. The second-order valence-electron chi connectivity index (χ2n) is 4.60. The van der Waals surface area contributed by atoms with E-state index in [1.807, 2.05) is 0 Å². The van der Waals surface area contributed by atoms with Crippen molar-refractivity contribution in [2.24, 2.45) is 5.10 Å². The second-order valence-corrected chi connectivity index (χ2v) is 5.44. The third kappa shape index (κ3) is 6.26. The van der Waals surface area contributed by atoms with Gasteiger partial charge in [0.25, 0.3) is 0 Å². The molecule has 2 rings (SSSR count). The fourth-order valence-electron chi connectivity index (χ4n) is 1.69. The Labute approximate surface area is 144 Å². The van der Waals surface area contributed by atoms with E-state index in [9.17, 15) is 4.79 Å². The Balaban J connectivity index is 1.66. The molecule has 0 aliphatic heterocycles. The van der Waals surface area contributed by atoms with Crippen LogP contribution in [-0.4, -0.2) is 23.7 Å². The van der Waals surface area contributed by atoms with E-state index in [0.717, 1.165) is 5.56 Å². The van der Waals surface area contributed by atoms with Crippen LogP contribution in [0.2, 0.25) is 10.0 Å². The molecule has 23 heavy (non-hydrogen) atoms. The van der Waals surface area contributed by atoms with Gasteiger partial charge in [-0.3, -0.25) is 9.78 Å². The number of halogens is 2. The molecular formula is C16H15Cl2N3O2. The van der Waals surface area contributed by atoms with E-state index >= 15 is 0 Å². The predicted octanol–water partition coefficient (Wildman–Crippen LogP) is 3.70. The molecular weight excluding hydrogens is 337 g/mol. The second kappa shape index (κ2) is 9.12. The number of amides is 1. The number of hydrazone groups is 1. The van der Waals surface area contributed by atoms with Gasteiger partial charge in [-0.25, -0.2) is 5.43 Å². The molecule has 0 bridgehead atoms. The van der Waals surface area contributed by atoms with E-state index in [4.69, 9.17) is 27.9 Å². The van der Waals surface area contributed by atoms with E-state index in [0.29, 0.717) is 35.2 Å². The number of nitrogens with one attached hydrogen (secondary N) is 1. The Bertz CT molecular complexity index is 678. The molecule has 7 heteroatoms. The normalized spacial score (nSPS) is 10.7. The predicted molar refractivity (Wildman–Crippen MR) is 91.2 cm³/mol. The minimum Gasteiger partial charge on any atom is -0.492 e. The maximum Gasteiger partial charge on any atom is 0.240 e. The maximum absolute atomic E-state index is 11.6. The first-order valence-electron chi connectivity index (χ1n) is 6.95. The molecule has 0 unspecified atom stereocenters.